The van der Waals surface area contributed by atoms with Crippen molar-refractivity contribution in [1.82, 2.24) is 0 Å². The van der Waals surface area contributed by atoms with Crippen LogP contribution in [0.25, 0.3) is 0 Å². The number of anilines is 1. The van der Waals surface area contributed by atoms with Gasteiger partial charge in [-0.15, -0.1) is 0 Å². The first-order valence-electron chi connectivity index (χ1n) is 3.78. The van der Waals surface area contributed by atoms with Gasteiger partial charge in [-0.2, -0.15) is 0 Å². The van der Waals surface area contributed by atoms with E-state index in [-0.39, 0.29) is 0 Å². The molecule has 0 heterocycles. The van der Waals surface area contributed by atoms with E-state index in [1.807, 2.05) is 19.2 Å². The SMILES string of the molecule is CNc1cc(OC)c(Br)cc1C=N. The third kappa shape index (κ3) is 2.01. The summed E-state index contributed by atoms with van der Waals surface area (Å²) in [7, 11) is 3.43. The maximum Gasteiger partial charge on any atom is 0.135 e. The molecule has 1 aromatic rings. The zero-order valence-electron chi connectivity index (χ0n) is 7.52. The monoisotopic (exact) mass is 242 g/mol. The van der Waals surface area contributed by atoms with Gasteiger partial charge in [0.1, 0.15) is 5.75 Å². The van der Waals surface area contributed by atoms with E-state index >= 15 is 0 Å². The lowest BCUT2D eigenvalue weighted by molar-refractivity contribution is 0.412. The van der Waals surface area contributed by atoms with Crippen LogP contribution >= 0.6 is 15.9 Å². The number of rotatable bonds is 3. The Labute approximate surface area is 85.7 Å². The van der Waals surface area contributed by atoms with Gasteiger partial charge in [0, 0.05) is 30.6 Å². The first-order chi connectivity index (χ1) is 6.22. The lowest BCUT2D eigenvalue weighted by atomic mass is 10.2. The second kappa shape index (κ2) is 4.28. The summed E-state index contributed by atoms with van der Waals surface area (Å²) in [6.45, 7) is 0. The topological polar surface area (TPSA) is 45.1 Å². The molecule has 0 aliphatic heterocycles. The van der Waals surface area contributed by atoms with Crippen LogP contribution in [0.1, 0.15) is 5.56 Å². The molecule has 0 amide bonds. The average Bonchev–Trinajstić information content (AvgIpc) is 2.17. The summed E-state index contributed by atoms with van der Waals surface area (Å²) in [6.07, 6.45) is 1.30. The van der Waals surface area contributed by atoms with Crippen LogP contribution in [0.5, 0.6) is 5.75 Å². The molecule has 0 bridgehead atoms. The molecule has 0 saturated heterocycles. The Balaban J connectivity index is 3.26. The Morgan fingerprint density at radius 3 is 2.69 bits per heavy atom. The maximum absolute atomic E-state index is 7.19. The minimum absolute atomic E-state index is 0.759. The normalized spacial score (nSPS) is 9.46. The van der Waals surface area contributed by atoms with Crippen molar-refractivity contribution < 1.29 is 4.74 Å². The van der Waals surface area contributed by atoms with Crippen molar-refractivity contribution in [2.24, 2.45) is 0 Å². The molecule has 3 nitrogen and oxygen atoms in total. The van der Waals surface area contributed by atoms with Crippen LogP contribution in [0.2, 0.25) is 0 Å². The highest BCUT2D eigenvalue weighted by atomic mass is 79.9. The fourth-order valence-corrected chi connectivity index (χ4v) is 1.58. The highest BCUT2D eigenvalue weighted by molar-refractivity contribution is 9.10. The molecule has 0 saturated carbocycles. The van der Waals surface area contributed by atoms with Gasteiger partial charge in [0.25, 0.3) is 0 Å². The first-order valence-corrected chi connectivity index (χ1v) is 4.58. The number of ether oxygens (including phenoxy) is 1. The van der Waals surface area contributed by atoms with Crippen LogP contribution in [0.4, 0.5) is 5.69 Å². The highest BCUT2D eigenvalue weighted by Crippen LogP contribution is 2.30. The van der Waals surface area contributed by atoms with Gasteiger partial charge >= 0.3 is 0 Å². The minimum atomic E-state index is 0.759. The molecule has 70 valence electrons. The summed E-state index contributed by atoms with van der Waals surface area (Å²) in [5.74, 6) is 0.759. The second-order valence-electron chi connectivity index (χ2n) is 2.47. The molecule has 1 aromatic carbocycles. The van der Waals surface area contributed by atoms with Crippen molar-refractivity contribution in [3.05, 3.63) is 22.2 Å². The predicted molar refractivity (Wildman–Crippen MR) is 58.1 cm³/mol. The summed E-state index contributed by atoms with van der Waals surface area (Å²) in [6, 6.07) is 3.70. The van der Waals surface area contributed by atoms with Crippen molar-refractivity contribution in [1.29, 1.82) is 5.41 Å². The number of hydrogen-bond acceptors (Lipinski definition) is 3. The molecular formula is C9H11BrN2O. The molecule has 2 N–H and O–H groups in total. The Bertz CT molecular complexity index is 326. The largest absolute Gasteiger partial charge is 0.495 e. The molecule has 4 heteroatoms. The van der Waals surface area contributed by atoms with Gasteiger partial charge in [-0.25, -0.2) is 0 Å². The average molecular weight is 243 g/mol. The quantitative estimate of drug-likeness (QED) is 0.801. The zero-order valence-corrected chi connectivity index (χ0v) is 9.10. The zero-order chi connectivity index (χ0) is 9.84. The Morgan fingerprint density at radius 1 is 1.54 bits per heavy atom. The Kier molecular flexibility index (Phi) is 3.31. The summed E-state index contributed by atoms with van der Waals surface area (Å²) in [4.78, 5) is 0. The first kappa shape index (κ1) is 10.1. The number of nitrogens with one attached hydrogen (secondary N) is 2. The van der Waals surface area contributed by atoms with Crippen molar-refractivity contribution in [2.75, 3.05) is 19.5 Å². The minimum Gasteiger partial charge on any atom is -0.495 e. The molecule has 0 unspecified atom stereocenters. The third-order valence-electron chi connectivity index (χ3n) is 1.75. The fourth-order valence-electron chi connectivity index (χ4n) is 1.06. The van der Waals surface area contributed by atoms with Crippen molar-refractivity contribution in [2.45, 2.75) is 0 Å². The van der Waals surface area contributed by atoms with Crippen LogP contribution in [0.15, 0.2) is 16.6 Å². The van der Waals surface area contributed by atoms with Crippen LogP contribution in [0, 0.1) is 5.41 Å². The van der Waals surface area contributed by atoms with Crippen LogP contribution in [0.3, 0.4) is 0 Å². The molecule has 0 aliphatic rings. The Morgan fingerprint density at radius 2 is 2.23 bits per heavy atom. The highest BCUT2D eigenvalue weighted by Gasteiger charge is 2.05. The number of halogens is 1. The second-order valence-corrected chi connectivity index (χ2v) is 3.32. The van der Waals surface area contributed by atoms with E-state index < -0.39 is 0 Å². The number of benzene rings is 1. The van der Waals surface area contributed by atoms with Gasteiger partial charge in [0.15, 0.2) is 0 Å². The molecule has 13 heavy (non-hydrogen) atoms. The summed E-state index contributed by atoms with van der Waals surface area (Å²) >= 11 is 3.36. The van der Waals surface area contributed by atoms with Crippen molar-refractivity contribution in [3.8, 4) is 5.75 Å². The van der Waals surface area contributed by atoms with Crippen LogP contribution in [-0.4, -0.2) is 20.4 Å². The Hall–Kier alpha value is -1.03. The van der Waals surface area contributed by atoms with E-state index in [4.69, 9.17) is 10.1 Å². The van der Waals surface area contributed by atoms with Gasteiger partial charge in [0.2, 0.25) is 0 Å². The number of methoxy groups -OCH3 is 1. The maximum atomic E-state index is 7.19. The van der Waals surface area contributed by atoms with E-state index in [0.29, 0.717) is 0 Å². The van der Waals surface area contributed by atoms with Gasteiger partial charge in [0.05, 0.1) is 11.6 Å². The molecular weight excluding hydrogens is 232 g/mol. The molecule has 1 rings (SSSR count). The van der Waals surface area contributed by atoms with Crippen LogP contribution < -0.4 is 10.1 Å². The third-order valence-corrected chi connectivity index (χ3v) is 2.37. The fraction of sp³-hybridized carbons (Fsp3) is 0.222. The van der Waals surface area contributed by atoms with E-state index in [1.54, 1.807) is 7.11 Å². The molecule has 0 radical (unpaired) electrons. The van der Waals surface area contributed by atoms with E-state index in [1.165, 1.54) is 6.21 Å². The predicted octanol–water partition coefficient (Wildman–Crippen LogP) is 2.50. The van der Waals surface area contributed by atoms with Gasteiger partial charge in [-0.1, -0.05) is 0 Å². The number of hydrogen-bond donors (Lipinski definition) is 2. The lowest BCUT2D eigenvalue weighted by Crippen LogP contribution is -1.96. The standard InChI is InChI=1S/C9H11BrN2O/c1-12-8-4-9(13-2)7(10)3-6(8)5-11/h3-5,11-12H,1-2H3. The van der Waals surface area contributed by atoms with E-state index in [2.05, 4.69) is 21.2 Å². The van der Waals surface area contributed by atoms with Crippen LogP contribution in [-0.2, 0) is 0 Å². The lowest BCUT2D eigenvalue weighted by Gasteiger charge is -2.09. The van der Waals surface area contributed by atoms with E-state index in [0.717, 1.165) is 21.5 Å². The summed E-state index contributed by atoms with van der Waals surface area (Å²) in [5, 5.41) is 10.2. The van der Waals surface area contributed by atoms with E-state index in [9.17, 15) is 0 Å². The molecule has 0 fully saturated rings. The molecule has 0 atom stereocenters. The van der Waals surface area contributed by atoms with Gasteiger partial charge in [-0.3, -0.25) is 0 Å². The van der Waals surface area contributed by atoms with Crippen molar-refractivity contribution >= 4 is 27.8 Å². The smallest absolute Gasteiger partial charge is 0.135 e. The van der Waals surface area contributed by atoms with Gasteiger partial charge in [-0.05, 0) is 22.0 Å². The molecule has 0 aromatic heterocycles. The van der Waals surface area contributed by atoms with Gasteiger partial charge < -0.3 is 15.5 Å². The summed E-state index contributed by atoms with van der Waals surface area (Å²) in [5.41, 5.74) is 1.71. The summed E-state index contributed by atoms with van der Waals surface area (Å²) < 4.78 is 5.98. The van der Waals surface area contributed by atoms with Crippen molar-refractivity contribution in [3.63, 3.8) is 0 Å². The molecule has 0 aliphatic carbocycles. The molecule has 0 spiro atoms.